The average Bonchev–Trinajstić information content (AvgIpc) is 2.71. The van der Waals surface area contributed by atoms with Crippen LogP contribution in [-0.2, 0) is 9.47 Å². The summed E-state index contributed by atoms with van der Waals surface area (Å²) < 4.78 is 10.5. The lowest BCUT2D eigenvalue weighted by molar-refractivity contribution is -0.177. The van der Waals surface area contributed by atoms with Crippen molar-refractivity contribution in [1.82, 2.24) is 0 Å². The molecule has 0 atom stereocenters. The highest BCUT2D eigenvalue weighted by atomic mass is 16.7. The molecule has 0 heterocycles. The monoisotopic (exact) mass is 173 g/mol. The van der Waals surface area contributed by atoms with Gasteiger partial charge in [0, 0.05) is 25.2 Å². The maximum atomic E-state index is 6.12. The summed E-state index contributed by atoms with van der Waals surface area (Å²) in [6.07, 6.45) is 1.94. The van der Waals surface area contributed by atoms with E-state index in [9.17, 15) is 0 Å². The molecule has 3 nitrogen and oxygen atoms in total. The highest BCUT2D eigenvalue weighted by Gasteiger charge is 2.55. The van der Waals surface area contributed by atoms with E-state index in [1.165, 1.54) is 0 Å². The molecule has 12 heavy (non-hydrogen) atoms. The van der Waals surface area contributed by atoms with Crippen molar-refractivity contribution in [3.05, 3.63) is 0 Å². The molecule has 0 aromatic heterocycles. The third kappa shape index (κ3) is 1.37. The number of rotatable bonds is 4. The van der Waals surface area contributed by atoms with E-state index in [4.69, 9.17) is 15.2 Å². The van der Waals surface area contributed by atoms with Gasteiger partial charge in [-0.3, -0.25) is 0 Å². The van der Waals surface area contributed by atoms with E-state index < -0.39 is 0 Å². The van der Waals surface area contributed by atoms with Crippen LogP contribution < -0.4 is 5.73 Å². The zero-order valence-electron chi connectivity index (χ0n) is 8.39. The minimum Gasteiger partial charge on any atom is -0.355 e. The molecule has 0 amide bonds. The summed E-state index contributed by atoms with van der Waals surface area (Å²) in [6.45, 7) is 4.19. The second-order valence-corrected chi connectivity index (χ2v) is 4.18. The number of ether oxygens (including phenoxy) is 2. The van der Waals surface area contributed by atoms with Gasteiger partial charge in [0.1, 0.15) is 0 Å². The van der Waals surface area contributed by atoms with Crippen LogP contribution >= 0.6 is 0 Å². The summed E-state index contributed by atoms with van der Waals surface area (Å²) in [5.41, 5.74) is 5.94. The van der Waals surface area contributed by atoms with Crippen molar-refractivity contribution in [1.29, 1.82) is 0 Å². The smallest absolute Gasteiger partial charge is 0.163 e. The molecule has 1 aliphatic rings. The fourth-order valence-corrected chi connectivity index (χ4v) is 1.70. The van der Waals surface area contributed by atoms with Crippen molar-refractivity contribution in [3.8, 4) is 0 Å². The molecular formula is C9H19NO2. The molecular weight excluding hydrogens is 154 g/mol. The first-order valence-corrected chi connectivity index (χ1v) is 4.32. The molecule has 0 aliphatic heterocycles. The SMILES string of the molecule is COC(OC)C(C)(C)C1(N)CC1. The van der Waals surface area contributed by atoms with E-state index in [0.29, 0.717) is 0 Å². The van der Waals surface area contributed by atoms with Crippen LogP contribution in [0, 0.1) is 5.41 Å². The van der Waals surface area contributed by atoms with Gasteiger partial charge in [-0.25, -0.2) is 0 Å². The maximum Gasteiger partial charge on any atom is 0.163 e. The molecule has 0 saturated heterocycles. The van der Waals surface area contributed by atoms with Gasteiger partial charge in [-0.05, 0) is 12.8 Å². The van der Waals surface area contributed by atoms with E-state index in [1.807, 2.05) is 0 Å². The Hall–Kier alpha value is -0.120. The summed E-state index contributed by atoms with van der Waals surface area (Å²) in [6, 6.07) is 0. The molecule has 0 spiro atoms. The van der Waals surface area contributed by atoms with Gasteiger partial charge in [-0.1, -0.05) is 13.8 Å². The number of nitrogens with two attached hydrogens (primary N) is 1. The van der Waals surface area contributed by atoms with Crippen LogP contribution in [0.3, 0.4) is 0 Å². The lowest BCUT2D eigenvalue weighted by Gasteiger charge is -2.37. The highest BCUT2D eigenvalue weighted by molar-refractivity contribution is 5.10. The topological polar surface area (TPSA) is 44.5 Å². The Morgan fingerprint density at radius 2 is 1.67 bits per heavy atom. The Kier molecular flexibility index (Phi) is 2.47. The summed E-state index contributed by atoms with van der Waals surface area (Å²) >= 11 is 0. The van der Waals surface area contributed by atoms with Gasteiger partial charge in [-0.15, -0.1) is 0 Å². The Morgan fingerprint density at radius 3 is 1.92 bits per heavy atom. The Morgan fingerprint density at radius 1 is 1.25 bits per heavy atom. The van der Waals surface area contributed by atoms with Crippen molar-refractivity contribution in [3.63, 3.8) is 0 Å². The van der Waals surface area contributed by atoms with Crippen LogP contribution in [0.5, 0.6) is 0 Å². The Bertz CT molecular complexity index is 160. The van der Waals surface area contributed by atoms with Crippen LogP contribution in [0.15, 0.2) is 0 Å². The first kappa shape index (κ1) is 9.96. The van der Waals surface area contributed by atoms with Gasteiger partial charge in [0.25, 0.3) is 0 Å². The summed E-state index contributed by atoms with van der Waals surface area (Å²) in [7, 11) is 3.31. The fraction of sp³-hybridized carbons (Fsp3) is 1.00. The number of methoxy groups -OCH3 is 2. The van der Waals surface area contributed by atoms with Gasteiger partial charge in [0.05, 0.1) is 0 Å². The molecule has 1 saturated carbocycles. The zero-order chi connectivity index (χ0) is 9.41. The standard InChI is InChI=1S/C9H19NO2/c1-8(2,7(11-3)12-4)9(10)5-6-9/h7H,5-6,10H2,1-4H3. The van der Waals surface area contributed by atoms with Crippen molar-refractivity contribution in [2.45, 2.75) is 38.5 Å². The minimum absolute atomic E-state index is 0.0797. The molecule has 0 radical (unpaired) electrons. The van der Waals surface area contributed by atoms with Crippen LogP contribution in [0.1, 0.15) is 26.7 Å². The van der Waals surface area contributed by atoms with E-state index in [1.54, 1.807) is 14.2 Å². The first-order chi connectivity index (χ1) is 5.48. The average molecular weight is 173 g/mol. The predicted molar refractivity (Wildman–Crippen MR) is 47.7 cm³/mol. The third-order valence-corrected chi connectivity index (χ3v) is 3.09. The lowest BCUT2D eigenvalue weighted by atomic mass is 9.81. The second kappa shape index (κ2) is 2.98. The Balaban J connectivity index is 2.68. The molecule has 0 unspecified atom stereocenters. The second-order valence-electron chi connectivity index (χ2n) is 4.18. The van der Waals surface area contributed by atoms with Gasteiger partial charge in [-0.2, -0.15) is 0 Å². The molecule has 0 aromatic rings. The van der Waals surface area contributed by atoms with E-state index >= 15 is 0 Å². The van der Waals surface area contributed by atoms with Crippen molar-refractivity contribution >= 4 is 0 Å². The Labute approximate surface area is 74.2 Å². The van der Waals surface area contributed by atoms with E-state index in [2.05, 4.69) is 13.8 Å². The van der Waals surface area contributed by atoms with Crippen LogP contribution in [-0.4, -0.2) is 26.0 Å². The maximum absolute atomic E-state index is 6.12. The van der Waals surface area contributed by atoms with Gasteiger partial charge in [0.15, 0.2) is 6.29 Å². The quantitative estimate of drug-likeness (QED) is 0.648. The largest absolute Gasteiger partial charge is 0.355 e. The first-order valence-electron chi connectivity index (χ1n) is 4.32. The molecule has 1 rings (SSSR count). The summed E-state index contributed by atoms with van der Waals surface area (Å²) in [5, 5.41) is 0. The minimum atomic E-state index is -0.204. The van der Waals surface area contributed by atoms with Crippen molar-refractivity contribution in [2.75, 3.05) is 14.2 Å². The van der Waals surface area contributed by atoms with Crippen LogP contribution in [0.25, 0.3) is 0 Å². The van der Waals surface area contributed by atoms with E-state index in [0.717, 1.165) is 12.8 Å². The molecule has 1 aliphatic carbocycles. The predicted octanol–water partition coefficient (Wildman–Crippen LogP) is 1.12. The van der Waals surface area contributed by atoms with Crippen LogP contribution in [0.4, 0.5) is 0 Å². The van der Waals surface area contributed by atoms with Gasteiger partial charge < -0.3 is 15.2 Å². The lowest BCUT2D eigenvalue weighted by Crippen LogP contribution is -2.49. The summed E-state index contributed by atoms with van der Waals surface area (Å²) in [5.74, 6) is 0. The summed E-state index contributed by atoms with van der Waals surface area (Å²) in [4.78, 5) is 0. The molecule has 1 fully saturated rings. The van der Waals surface area contributed by atoms with Gasteiger partial charge >= 0.3 is 0 Å². The normalized spacial score (nSPS) is 21.5. The molecule has 3 heteroatoms. The van der Waals surface area contributed by atoms with Gasteiger partial charge in [0.2, 0.25) is 0 Å². The highest BCUT2D eigenvalue weighted by Crippen LogP contribution is 2.50. The fourth-order valence-electron chi connectivity index (χ4n) is 1.70. The molecule has 0 bridgehead atoms. The molecule has 72 valence electrons. The third-order valence-electron chi connectivity index (χ3n) is 3.09. The number of hydrogen-bond acceptors (Lipinski definition) is 3. The zero-order valence-corrected chi connectivity index (χ0v) is 8.39. The van der Waals surface area contributed by atoms with Crippen molar-refractivity contribution < 1.29 is 9.47 Å². The number of hydrogen-bond donors (Lipinski definition) is 1. The van der Waals surface area contributed by atoms with Crippen molar-refractivity contribution in [2.24, 2.45) is 11.1 Å². The van der Waals surface area contributed by atoms with Crippen LogP contribution in [0.2, 0.25) is 0 Å². The molecule has 2 N–H and O–H groups in total. The van der Waals surface area contributed by atoms with E-state index in [-0.39, 0.29) is 17.2 Å². The molecule has 0 aromatic carbocycles.